The van der Waals surface area contributed by atoms with Gasteiger partial charge in [-0.15, -0.1) is 17.1 Å². The molecular weight excluding hydrogens is 724 g/mol. The Morgan fingerprint density at radius 2 is 0.625 bits per heavy atom. The summed E-state index contributed by atoms with van der Waals surface area (Å²) < 4.78 is 0. The van der Waals surface area contributed by atoms with E-state index in [1.54, 1.807) is 0 Å². The molecule has 0 saturated carbocycles. The Morgan fingerprint density at radius 1 is 0.417 bits per heavy atom. The van der Waals surface area contributed by atoms with Crippen molar-refractivity contribution < 1.29 is 38.5 Å². The molecule has 3 aromatic carbocycles. The third-order valence-corrected chi connectivity index (χ3v) is 19.6. The van der Waals surface area contributed by atoms with E-state index in [2.05, 4.69) is 161 Å². The molecule has 0 aliphatic heterocycles. The molecule has 0 aromatic heterocycles. The second-order valence-electron chi connectivity index (χ2n) is 14.4. The first-order chi connectivity index (χ1) is 21.8. The van der Waals surface area contributed by atoms with Crippen molar-refractivity contribution in [3.63, 3.8) is 0 Å². The summed E-state index contributed by atoms with van der Waals surface area (Å²) in [6, 6.07) is 26.1. The van der Waals surface area contributed by atoms with Gasteiger partial charge in [0, 0.05) is 17.1 Å². The average Bonchev–Trinajstić information content (AvgIpc) is 2.98. The van der Waals surface area contributed by atoms with Gasteiger partial charge in [-0.2, -0.15) is 0 Å². The van der Waals surface area contributed by atoms with Crippen molar-refractivity contribution in [3.8, 4) is 0 Å². The molecule has 4 nitrogen and oxygen atoms in total. The van der Waals surface area contributed by atoms with E-state index in [0.29, 0.717) is 34.0 Å². The molecule has 0 N–H and O–H groups in total. The fraction of sp³-hybridized carbons (Fsp3) is 0.538. The van der Waals surface area contributed by atoms with E-state index < -0.39 is 23.8 Å². The molecule has 0 atom stereocenters. The summed E-state index contributed by atoms with van der Waals surface area (Å²) in [7, 11) is -1.94. The summed E-state index contributed by atoms with van der Waals surface area (Å²) in [5.41, 5.74) is 10.4. The quantitative estimate of drug-likeness (QED) is 0.0935. The summed E-state index contributed by atoms with van der Waals surface area (Å²) in [5, 5.41) is 16.1. The Balaban J connectivity index is 0.00000576. The van der Waals surface area contributed by atoms with Crippen LogP contribution in [-0.4, -0.2) is 52.8 Å². The van der Waals surface area contributed by atoms with Crippen LogP contribution >= 0.6 is 23.8 Å². The average molecular weight is 788 g/mol. The molecule has 0 amide bonds. The van der Waals surface area contributed by atoms with Gasteiger partial charge in [0.1, 0.15) is 0 Å². The first-order valence-corrected chi connectivity index (χ1v) is 23.1. The first-order valence-electron chi connectivity index (χ1n) is 17.5. The smallest absolute Gasteiger partial charge is 0.651 e. The van der Waals surface area contributed by atoms with Gasteiger partial charge in [0.05, 0.1) is 34.0 Å². The molecule has 0 aliphatic rings. The standard InChI is InChI=1S/C39H60N4P3.Co.Ti/c1-28(2)44(29(3)4)25-40-34-19-13-16-22-37(34)43(38-23-17-14-20-35(38)41-26-45(30(5)6)31(7)8)39-24-18-15-21-36(39)42-27-46(32(9)10)33(11)12;;/h13-24,28-33H,25-27H2,1-12H3;;/q-3;2*+2/p+3. The summed E-state index contributed by atoms with van der Waals surface area (Å²) in [4.78, 5) is 2.40. The van der Waals surface area contributed by atoms with Crippen LogP contribution in [0.15, 0.2) is 72.8 Å². The molecule has 0 saturated heterocycles. The number of hydrogen-bond acceptors (Lipinski definition) is 1. The van der Waals surface area contributed by atoms with E-state index in [4.69, 9.17) is 16.0 Å². The van der Waals surface area contributed by atoms with Gasteiger partial charge in [-0.3, -0.25) is 0 Å². The Hall–Kier alpha value is -0.629. The van der Waals surface area contributed by atoms with Crippen LogP contribution in [0.1, 0.15) is 83.1 Å². The zero-order chi connectivity index (χ0) is 34.0. The Labute approximate surface area is 323 Å². The van der Waals surface area contributed by atoms with Crippen molar-refractivity contribution >= 4 is 57.9 Å². The second kappa shape index (κ2) is 22.3. The second-order valence-corrected chi connectivity index (χ2v) is 25.7. The zero-order valence-electron chi connectivity index (χ0n) is 31.6. The van der Waals surface area contributed by atoms with Gasteiger partial charge in [-0.05, 0) is 144 Å². The molecule has 0 bridgehead atoms. The van der Waals surface area contributed by atoms with Crippen LogP contribution in [0, 0.1) is 0 Å². The third-order valence-electron chi connectivity index (χ3n) is 9.11. The normalized spacial score (nSPS) is 11.7. The third kappa shape index (κ3) is 12.9. The van der Waals surface area contributed by atoms with Gasteiger partial charge in [0.2, 0.25) is 0 Å². The molecule has 0 fully saturated rings. The van der Waals surface area contributed by atoms with Crippen molar-refractivity contribution in [2.75, 3.05) is 23.8 Å². The van der Waals surface area contributed by atoms with Gasteiger partial charge in [-0.25, -0.2) is 0 Å². The van der Waals surface area contributed by atoms with Crippen molar-refractivity contribution in [3.05, 3.63) is 88.7 Å². The molecule has 263 valence electrons. The topological polar surface area (TPSA) is 45.5 Å². The number of para-hydroxylation sites is 6. The van der Waals surface area contributed by atoms with E-state index >= 15 is 0 Å². The monoisotopic (exact) mass is 787 g/mol. The number of rotatable bonds is 18. The SMILES string of the molecule is CC(C)[PH+](C[N-]c1ccccc1N(c1ccccc1[N-]C[PH+](C(C)C)C(C)C)c1ccccc1[N-]C[PH+](C(C)C)C(C)C)C(C)C.[Co+2].[Ti+2]. The van der Waals surface area contributed by atoms with Crippen LogP contribution in [-0.2, 0) is 38.5 Å². The predicted molar refractivity (Wildman–Crippen MR) is 221 cm³/mol. The summed E-state index contributed by atoms with van der Waals surface area (Å²) in [6.07, 6.45) is 2.73. The van der Waals surface area contributed by atoms with Crippen LogP contribution in [0.2, 0.25) is 0 Å². The number of benzene rings is 3. The molecule has 0 aliphatic carbocycles. The van der Waals surface area contributed by atoms with E-state index in [1.165, 1.54) is 0 Å². The van der Waals surface area contributed by atoms with Crippen molar-refractivity contribution in [1.82, 2.24) is 0 Å². The molecule has 3 aromatic rings. The van der Waals surface area contributed by atoms with Crippen LogP contribution in [0.5, 0.6) is 0 Å². The Kier molecular flexibility index (Phi) is 21.1. The van der Waals surface area contributed by atoms with Crippen molar-refractivity contribution in [1.29, 1.82) is 0 Å². The number of nitrogens with zero attached hydrogens (tertiary/aromatic N) is 4. The van der Waals surface area contributed by atoms with Crippen LogP contribution < -0.4 is 4.90 Å². The predicted octanol–water partition coefficient (Wildman–Crippen LogP) is 14.1. The van der Waals surface area contributed by atoms with Gasteiger partial charge >= 0.3 is 38.5 Å². The Bertz CT molecular complexity index is 1150. The molecule has 9 heteroatoms. The minimum Gasteiger partial charge on any atom is -0.651 e. The molecule has 3 rings (SSSR count). The zero-order valence-corrected chi connectivity index (χ0v) is 37.2. The maximum Gasteiger partial charge on any atom is 2.00 e. The van der Waals surface area contributed by atoms with Crippen molar-refractivity contribution in [2.24, 2.45) is 0 Å². The largest absolute Gasteiger partial charge is 2.00 e. The molecule has 48 heavy (non-hydrogen) atoms. The fourth-order valence-corrected chi connectivity index (χ4v) is 13.6. The van der Waals surface area contributed by atoms with Gasteiger partial charge in [0.25, 0.3) is 0 Å². The summed E-state index contributed by atoms with van der Waals surface area (Å²) in [6.45, 7) is 28.4. The van der Waals surface area contributed by atoms with Crippen LogP contribution in [0.4, 0.5) is 34.1 Å². The van der Waals surface area contributed by atoms with E-state index in [9.17, 15) is 0 Å². The van der Waals surface area contributed by atoms with Gasteiger partial charge < -0.3 is 20.9 Å². The maximum atomic E-state index is 5.37. The van der Waals surface area contributed by atoms with E-state index in [0.717, 1.165) is 53.0 Å². The summed E-state index contributed by atoms with van der Waals surface area (Å²) >= 11 is 0. The van der Waals surface area contributed by atoms with Gasteiger partial charge in [-0.1, -0.05) is 54.6 Å². The van der Waals surface area contributed by atoms with E-state index in [1.807, 2.05) is 0 Å². The minimum absolute atomic E-state index is 0. The number of anilines is 3. The van der Waals surface area contributed by atoms with Crippen molar-refractivity contribution in [2.45, 2.75) is 117 Å². The fourth-order valence-electron chi connectivity index (χ4n) is 6.37. The Morgan fingerprint density at radius 3 is 0.833 bits per heavy atom. The minimum atomic E-state index is -0.646. The van der Waals surface area contributed by atoms with E-state index in [-0.39, 0.29) is 38.5 Å². The molecule has 0 heterocycles. The van der Waals surface area contributed by atoms with Crippen LogP contribution in [0.3, 0.4) is 0 Å². The molecule has 1 radical (unpaired) electrons. The molecule has 0 spiro atoms. The van der Waals surface area contributed by atoms with Crippen LogP contribution in [0.25, 0.3) is 16.0 Å². The molecular formula is C39H63CoN4P3Ti+4. The summed E-state index contributed by atoms with van der Waals surface area (Å²) in [5.74, 6) is 0. The molecule has 0 unspecified atom stereocenters. The first kappa shape index (κ1) is 45.4. The number of hydrogen-bond donors (Lipinski definition) is 0. The van der Waals surface area contributed by atoms with Gasteiger partial charge in [0.15, 0.2) is 0 Å². The maximum absolute atomic E-state index is 5.37.